The Hall–Kier alpha value is -2.62. The monoisotopic (exact) mass is 266 g/mol. The molecule has 4 heteroatoms. The van der Waals surface area contributed by atoms with E-state index in [-0.39, 0.29) is 0 Å². The summed E-state index contributed by atoms with van der Waals surface area (Å²) in [7, 11) is 3.59. The van der Waals surface area contributed by atoms with Crippen molar-refractivity contribution in [3.8, 4) is 17.1 Å². The van der Waals surface area contributed by atoms with Gasteiger partial charge < -0.3 is 9.30 Å². The number of aldehydes is 1. The van der Waals surface area contributed by atoms with E-state index < -0.39 is 0 Å². The molecule has 100 valence electrons. The van der Waals surface area contributed by atoms with Crippen molar-refractivity contribution >= 4 is 17.3 Å². The fourth-order valence-corrected chi connectivity index (χ4v) is 2.30. The summed E-state index contributed by atoms with van der Waals surface area (Å²) in [5.74, 6) is 1.64. The van der Waals surface area contributed by atoms with Gasteiger partial charge in [-0.3, -0.25) is 4.79 Å². The lowest BCUT2D eigenvalue weighted by Gasteiger charge is -2.05. The van der Waals surface area contributed by atoms with Crippen molar-refractivity contribution in [2.45, 2.75) is 0 Å². The number of imidazole rings is 1. The lowest BCUT2D eigenvalue weighted by Crippen LogP contribution is -1.93. The second-order valence-corrected chi connectivity index (χ2v) is 4.59. The minimum Gasteiger partial charge on any atom is -0.497 e. The van der Waals surface area contributed by atoms with Crippen molar-refractivity contribution in [1.82, 2.24) is 9.55 Å². The maximum absolute atomic E-state index is 10.9. The molecule has 2 aromatic carbocycles. The van der Waals surface area contributed by atoms with Crippen LogP contribution >= 0.6 is 0 Å². The van der Waals surface area contributed by atoms with Gasteiger partial charge in [0, 0.05) is 18.2 Å². The lowest BCUT2D eigenvalue weighted by atomic mass is 10.2. The first-order valence-electron chi connectivity index (χ1n) is 6.29. The van der Waals surface area contributed by atoms with E-state index in [0.717, 1.165) is 34.5 Å². The lowest BCUT2D eigenvalue weighted by molar-refractivity contribution is 0.112. The standard InChI is InChI=1S/C16H14N2O2/c1-18-15-8-11(10-19)6-7-14(15)17-16(18)12-4-3-5-13(9-12)20-2/h3-10H,1-2H3. The van der Waals surface area contributed by atoms with E-state index in [1.807, 2.05) is 48.0 Å². The Morgan fingerprint density at radius 2 is 2.05 bits per heavy atom. The Labute approximate surface area is 116 Å². The fraction of sp³-hybridized carbons (Fsp3) is 0.125. The van der Waals surface area contributed by atoms with Gasteiger partial charge in [-0.25, -0.2) is 4.98 Å². The van der Waals surface area contributed by atoms with Gasteiger partial charge in [0.1, 0.15) is 17.9 Å². The normalized spacial score (nSPS) is 10.7. The van der Waals surface area contributed by atoms with Crippen molar-refractivity contribution in [2.24, 2.45) is 7.05 Å². The molecule has 0 aliphatic heterocycles. The molecule has 0 amide bonds. The minimum absolute atomic E-state index is 0.651. The third-order valence-electron chi connectivity index (χ3n) is 3.37. The van der Waals surface area contributed by atoms with E-state index >= 15 is 0 Å². The summed E-state index contributed by atoms with van der Waals surface area (Å²) in [5.41, 5.74) is 3.44. The molecule has 0 saturated heterocycles. The van der Waals surface area contributed by atoms with E-state index in [0.29, 0.717) is 5.56 Å². The highest BCUT2D eigenvalue weighted by Gasteiger charge is 2.10. The number of nitrogens with zero attached hydrogens (tertiary/aromatic N) is 2. The predicted octanol–water partition coefficient (Wildman–Crippen LogP) is 3.06. The molecule has 3 aromatic rings. The zero-order chi connectivity index (χ0) is 14.1. The number of ether oxygens (including phenoxy) is 1. The number of hydrogen-bond acceptors (Lipinski definition) is 3. The van der Waals surface area contributed by atoms with Crippen LogP contribution in [0.5, 0.6) is 5.75 Å². The molecule has 0 spiro atoms. The van der Waals surface area contributed by atoms with Crippen LogP contribution in [-0.4, -0.2) is 22.9 Å². The first-order valence-corrected chi connectivity index (χ1v) is 6.29. The van der Waals surface area contributed by atoms with E-state index in [2.05, 4.69) is 4.98 Å². The van der Waals surface area contributed by atoms with E-state index in [4.69, 9.17) is 4.74 Å². The molecular formula is C16H14N2O2. The molecule has 1 heterocycles. The SMILES string of the molecule is COc1cccc(-c2nc3ccc(C=O)cc3n2C)c1. The van der Waals surface area contributed by atoms with Gasteiger partial charge in [-0.05, 0) is 30.3 Å². The number of aromatic nitrogens is 2. The molecule has 0 unspecified atom stereocenters. The zero-order valence-corrected chi connectivity index (χ0v) is 11.3. The Bertz CT molecular complexity index is 790. The Balaban J connectivity index is 2.20. The van der Waals surface area contributed by atoms with Crippen LogP contribution in [0.25, 0.3) is 22.4 Å². The van der Waals surface area contributed by atoms with Gasteiger partial charge in [-0.2, -0.15) is 0 Å². The van der Waals surface area contributed by atoms with E-state index in [1.54, 1.807) is 13.2 Å². The average molecular weight is 266 g/mol. The van der Waals surface area contributed by atoms with Crippen molar-refractivity contribution < 1.29 is 9.53 Å². The molecule has 0 atom stereocenters. The number of rotatable bonds is 3. The predicted molar refractivity (Wildman–Crippen MR) is 78.1 cm³/mol. The molecule has 20 heavy (non-hydrogen) atoms. The number of methoxy groups -OCH3 is 1. The average Bonchev–Trinajstić information content (AvgIpc) is 2.84. The largest absolute Gasteiger partial charge is 0.497 e. The molecule has 0 aliphatic rings. The molecule has 0 bridgehead atoms. The maximum atomic E-state index is 10.9. The van der Waals surface area contributed by atoms with Gasteiger partial charge in [-0.1, -0.05) is 12.1 Å². The molecule has 4 nitrogen and oxygen atoms in total. The summed E-state index contributed by atoms with van der Waals surface area (Å²) in [6, 6.07) is 13.3. The second kappa shape index (κ2) is 4.81. The number of fused-ring (bicyclic) bond motifs is 1. The van der Waals surface area contributed by atoms with Crippen LogP contribution in [0, 0.1) is 0 Å². The zero-order valence-electron chi connectivity index (χ0n) is 11.3. The number of carbonyl (C=O) groups excluding carboxylic acids is 1. The number of hydrogen-bond donors (Lipinski definition) is 0. The van der Waals surface area contributed by atoms with Gasteiger partial charge in [0.2, 0.25) is 0 Å². The molecule has 0 saturated carbocycles. The van der Waals surface area contributed by atoms with Crippen LogP contribution in [0.15, 0.2) is 42.5 Å². The molecular weight excluding hydrogens is 252 g/mol. The number of carbonyl (C=O) groups is 1. The summed E-state index contributed by atoms with van der Waals surface area (Å²) in [5, 5.41) is 0. The van der Waals surface area contributed by atoms with Crippen molar-refractivity contribution in [2.75, 3.05) is 7.11 Å². The summed E-state index contributed by atoms with van der Waals surface area (Å²) < 4.78 is 7.23. The highest BCUT2D eigenvalue weighted by molar-refractivity contribution is 5.87. The smallest absolute Gasteiger partial charge is 0.150 e. The van der Waals surface area contributed by atoms with Gasteiger partial charge in [0.25, 0.3) is 0 Å². The molecule has 0 radical (unpaired) electrons. The van der Waals surface area contributed by atoms with Crippen LogP contribution in [0.2, 0.25) is 0 Å². The van der Waals surface area contributed by atoms with Crippen LogP contribution in [0.3, 0.4) is 0 Å². The maximum Gasteiger partial charge on any atom is 0.150 e. The summed E-state index contributed by atoms with van der Waals surface area (Å²) in [6.45, 7) is 0. The first-order chi connectivity index (χ1) is 9.72. The van der Waals surface area contributed by atoms with E-state index in [9.17, 15) is 4.79 Å². The highest BCUT2D eigenvalue weighted by atomic mass is 16.5. The van der Waals surface area contributed by atoms with Crippen LogP contribution in [0.4, 0.5) is 0 Å². The van der Waals surface area contributed by atoms with Crippen molar-refractivity contribution in [3.05, 3.63) is 48.0 Å². The number of benzene rings is 2. The minimum atomic E-state index is 0.651. The third-order valence-corrected chi connectivity index (χ3v) is 3.37. The molecule has 0 fully saturated rings. The quantitative estimate of drug-likeness (QED) is 0.684. The number of aryl methyl sites for hydroxylation is 1. The Morgan fingerprint density at radius 3 is 2.80 bits per heavy atom. The second-order valence-electron chi connectivity index (χ2n) is 4.59. The van der Waals surface area contributed by atoms with Gasteiger partial charge in [0.15, 0.2) is 0 Å². The van der Waals surface area contributed by atoms with Crippen LogP contribution in [-0.2, 0) is 7.05 Å². The summed E-state index contributed by atoms with van der Waals surface area (Å²) in [6.07, 6.45) is 0.845. The van der Waals surface area contributed by atoms with Gasteiger partial charge in [-0.15, -0.1) is 0 Å². The van der Waals surface area contributed by atoms with E-state index in [1.165, 1.54) is 0 Å². The molecule has 0 aliphatic carbocycles. The fourth-order valence-electron chi connectivity index (χ4n) is 2.30. The van der Waals surface area contributed by atoms with Crippen molar-refractivity contribution in [3.63, 3.8) is 0 Å². The van der Waals surface area contributed by atoms with Gasteiger partial charge in [0.05, 0.1) is 18.1 Å². The van der Waals surface area contributed by atoms with Crippen LogP contribution in [0.1, 0.15) is 10.4 Å². The Kier molecular flexibility index (Phi) is 2.99. The molecule has 1 aromatic heterocycles. The summed E-state index contributed by atoms with van der Waals surface area (Å²) >= 11 is 0. The van der Waals surface area contributed by atoms with Crippen LogP contribution < -0.4 is 4.74 Å². The molecule has 3 rings (SSSR count). The first kappa shape index (κ1) is 12.4. The Morgan fingerprint density at radius 1 is 1.20 bits per heavy atom. The van der Waals surface area contributed by atoms with Gasteiger partial charge >= 0.3 is 0 Å². The summed E-state index contributed by atoms with van der Waals surface area (Å²) in [4.78, 5) is 15.5. The highest BCUT2D eigenvalue weighted by Crippen LogP contribution is 2.26. The molecule has 0 N–H and O–H groups in total. The topological polar surface area (TPSA) is 44.1 Å². The van der Waals surface area contributed by atoms with Crippen molar-refractivity contribution in [1.29, 1.82) is 0 Å². The third kappa shape index (κ3) is 1.95.